The van der Waals surface area contributed by atoms with Gasteiger partial charge >= 0.3 is 0 Å². The molecule has 10 radical (unpaired) electrons. The van der Waals surface area contributed by atoms with E-state index in [4.69, 9.17) is 0 Å². The van der Waals surface area contributed by atoms with Gasteiger partial charge in [0.2, 0.25) is 0 Å². The minimum atomic E-state index is 1.12. The third-order valence-corrected chi connectivity index (χ3v) is 2.33. The molecule has 0 aromatic rings. The molecule has 0 aliphatic heterocycles. The second-order valence-electron chi connectivity index (χ2n) is 3.45. The Bertz CT molecular complexity index is 168. The van der Waals surface area contributed by atoms with Crippen LogP contribution in [0.4, 0.5) is 0 Å². The summed E-state index contributed by atoms with van der Waals surface area (Å²) in [5.41, 5.74) is 0. The molecule has 14 heavy (non-hydrogen) atoms. The van der Waals surface area contributed by atoms with Crippen molar-refractivity contribution in [2.75, 3.05) is 0 Å². The van der Waals surface area contributed by atoms with Gasteiger partial charge in [-0.3, -0.25) is 0 Å². The van der Waals surface area contributed by atoms with Gasteiger partial charge in [0, 0.05) is 5.92 Å². The summed E-state index contributed by atoms with van der Waals surface area (Å²) in [5.74, 6) is 2.73. The largest absolute Gasteiger partial charge is 0.0879 e. The summed E-state index contributed by atoms with van der Waals surface area (Å²) in [6.07, 6.45) is 23.6. The fourth-order valence-corrected chi connectivity index (χ4v) is 1.55. The van der Waals surface area contributed by atoms with E-state index in [-0.39, 0.29) is 0 Å². The Morgan fingerprint density at radius 1 is 0.857 bits per heavy atom. The van der Waals surface area contributed by atoms with Crippen molar-refractivity contribution in [1.29, 1.82) is 0 Å². The van der Waals surface area contributed by atoms with E-state index < -0.39 is 0 Å². The van der Waals surface area contributed by atoms with Gasteiger partial charge in [-0.15, -0.1) is 0 Å². The topological polar surface area (TPSA) is 0 Å². The van der Waals surface area contributed by atoms with Gasteiger partial charge < -0.3 is 0 Å². The molecular formula is C14H14. The zero-order valence-corrected chi connectivity index (χ0v) is 8.19. The first kappa shape index (κ1) is 10.3. The van der Waals surface area contributed by atoms with Crippen molar-refractivity contribution < 1.29 is 0 Å². The van der Waals surface area contributed by atoms with E-state index in [1.807, 2.05) is 0 Å². The molecule has 0 amide bonds. The molecule has 0 heterocycles. The van der Waals surface area contributed by atoms with E-state index in [9.17, 15) is 0 Å². The zero-order valence-electron chi connectivity index (χ0n) is 8.19. The Kier molecular flexibility index (Phi) is 4.09. The Morgan fingerprint density at radius 3 is 2.21 bits per heavy atom. The van der Waals surface area contributed by atoms with E-state index >= 15 is 0 Å². The Labute approximate surface area is 88.8 Å². The number of rotatable bonds is 4. The predicted molar refractivity (Wildman–Crippen MR) is 59.3 cm³/mol. The molecule has 0 bridgehead atoms. The van der Waals surface area contributed by atoms with Gasteiger partial charge in [0.1, 0.15) is 0 Å². The molecule has 0 spiro atoms. The predicted octanol–water partition coefficient (Wildman–Crippen LogP) is 3.13. The Morgan fingerprint density at radius 2 is 1.50 bits per heavy atom. The van der Waals surface area contributed by atoms with Gasteiger partial charge in [0.25, 0.3) is 0 Å². The van der Waals surface area contributed by atoms with Crippen LogP contribution in [0.25, 0.3) is 0 Å². The van der Waals surface area contributed by atoms with E-state index in [1.165, 1.54) is 11.8 Å². The van der Waals surface area contributed by atoms with Crippen molar-refractivity contribution in [2.45, 2.75) is 12.8 Å². The standard InChI is InChI=1S/C14H14/c1-2-8-13(7-1)11-5-6-12-14-9-3-4-10-14/h1-5,7-11H,6,12H2/b11-5-. The first-order valence-corrected chi connectivity index (χ1v) is 5.04. The van der Waals surface area contributed by atoms with Crippen LogP contribution in [-0.2, 0) is 0 Å². The van der Waals surface area contributed by atoms with Crippen LogP contribution >= 0.6 is 0 Å². The van der Waals surface area contributed by atoms with E-state index in [0.717, 1.165) is 12.8 Å². The quantitative estimate of drug-likeness (QED) is 0.626. The second-order valence-corrected chi connectivity index (χ2v) is 3.45. The summed E-state index contributed by atoms with van der Waals surface area (Å²) in [4.78, 5) is 0. The average Bonchev–Trinajstić information content (AvgIpc) is 2.86. The monoisotopic (exact) mass is 182 g/mol. The van der Waals surface area contributed by atoms with Gasteiger partial charge in [-0.1, -0.05) is 12.2 Å². The molecule has 2 aliphatic rings. The summed E-state index contributed by atoms with van der Waals surface area (Å²) in [6, 6.07) is 0. The van der Waals surface area contributed by atoms with Crippen LogP contribution in [0.2, 0.25) is 0 Å². The molecule has 0 aromatic heterocycles. The molecule has 0 saturated heterocycles. The molecule has 0 aromatic carbocycles. The number of allylic oxidation sites excluding steroid dienone is 2. The van der Waals surface area contributed by atoms with Crippen LogP contribution in [0.5, 0.6) is 0 Å². The molecule has 2 aliphatic carbocycles. The van der Waals surface area contributed by atoms with E-state index in [2.05, 4.69) is 63.5 Å². The number of hydrogen-bond donors (Lipinski definition) is 0. The molecule has 2 fully saturated rings. The highest BCUT2D eigenvalue weighted by molar-refractivity contribution is 5.42. The van der Waals surface area contributed by atoms with Crippen LogP contribution in [0, 0.1) is 63.2 Å². The third-order valence-electron chi connectivity index (χ3n) is 2.33. The molecule has 0 heteroatoms. The summed E-state index contributed by atoms with van der Waals surface area (Å²) in [6.45, 7) is 0. The fourth-order valence-electron chi connectivity index (χ4n) is 1.55. The Hall–Kier alpha value is -0.260. The summed E-state index contributed by atoms with van der Waals surface area (Å²) >= 11 is 0. The van der Waals surface area contributed by atoms with Gasteiger partial charge in [-0.2, -0.15) is 0 Å². The van der Waals surface area contributed by atoms with E-state index in [1.54, 1.807) is 0 Å². The first-order valence-electron chi connectivity index (χ1n) is 5.04. The summed E-state index contributed by atoms with van der Waals surface area (Å²) in [7, 11) is 0. The van der Waals surface area contributed by atoms with Crippen LogP contribution < -0.4 is 0 Å². The van der Waals surface area contributed by atoms with Gasteiger partial charge in [0.05, 0.1) is 0 Å². The molecule has 2 rings (SSSR count). The smallest absolute Gasteiger partial charge is 0.00467 e. The molecule has 0 unspecified atom stereocenters. The van der Waals surface area contributed by atoms with E-state index in [0.29, 0.717) is 0 Å². The van der Waals surface area contributed by atoms with Gasteiger partial charge in [-0.25, -0.2) is 0 Å². The molecule has 0 nitrogen and oxygen atoms in total. The molecular weight excluding hydrogens is 168 g/mol. The highest BCUT2D eigenvalue weighted by Gasteiger charge is 2.16. The van der Waals surface area contributed by atoms with Gasteiger partial charge in [-0.05, 0) is 70.1 Å². The summed E-state index contributed by atoms with van der Waals surface area (Å²) < 4.78 is 0. The maximum atomic E-state index is 2.24. The maximum absolute atomic E-state index is 2.24. The van der Waals surface area contributed by atoms with Crippen molar-refractivity contribution in [3.8, 4) is 0 Å². The highest BCUT2D eigenvalue weighted by Crippen LogP contribution is 2.28. The lowest BCUT2D eigenvalue weighted by Gasteiger charge is -2.04. The minimum absolute atomic E-state index is 1.12. The van der Waals surface area contributed by atoms with Crippen molar-refractivity contribution in [1.82, 2.24) is 0 Å². The second kappa shape index (κ2) is 5.58. The average molecular weight is 182 g/mol. The zero-order chi connectivity index (χ0) is 9.64. The lowest BCUT2D eigenvalue weighted by atomic mass is 10.0. The maximum Gasteiger partial charge on any atom is 0.00467 e. The minimum Gasteiger partial charge on any atom is -0.0879 e. The van der Waals surface area contributed by atoms with Crippen molar-refractivity contribution >= 4 is 0 Å². The lowest BCUT2D eigenvalue weighted by molar-refractivity contribution is 0.908. The van der Waals surface area contributed by atoms with Crippen molar-refractivity contribution in [2.24, 2.45) is 0 Å². The van der Waals surface area contributed by atoms with Crippen LogP contribution in [0.15, 0.2) is 12.2 Å². The van der Waals surface area contributed by atoms with Crippen LogP contribution in [0.3, 0.4) is 0 Å². The summed E-state index contributed by atoms with van der Waals surface area (Å²) in [5, 5.41) is 0. The third kappa shape index (κ3) is 3.15. The molecule has 0 atom stereocenters. The Balaban J connectivity index is 1.56. The first-order chi connectivity index (χ1) is 6.95. The van der Waals surface area contributed by atoms with Crippen LogP contribution in [-0.4, -0.2) is 0 Å². The van der Waals surface area contributed by atoms with Crippen molar-refractivity contribution in [3.63, 3.8) is 0 Å². The molecule has 0 N–H and O–H groups in total. The van der Waals surface area contributed by atoms with Crippen LogP contribution in [0.1, 0.15) is 12.8 Å². The van der Waals surface area contributed by atoms with Gasteiger partial charge in [0.15, 0.2) is 0 Å². The van der Waals surface area contributed by atoms with Crippen molar-refractivity contribution in [3.05, 3.63) is 75.4 Å². The molecule has 70 valence electrons. The lowest BCUT2D eigenvalue weighted by Crippen LogP contribution is -1.90. The SMILES string of the molecule is [CH]1[CH][CH][C](/C=C\CC[C]2[CH][CH][CH][CH]2)[CH]1. The fraction of sp³-hybridized carbons (Fsp3) is 0.143. The highest BCUT2D eigenvalue weighted by atomic mass is 14.2. The normalized spacial score (nSPS) is 25.4. The number of hydrogen-bond acceptors (Lipinski definition) is 0. The molecule has 2 saturated carbocycles.